The zero-order valence-electron chi connectivity index (χ0n) is 17.1. The molecule has 0 fully saturated rings. The Balaban J connectivity index is 1.25. The van der Waals surface area contributed by atoms with Crippen LogP contribution in [0.3, 0.4) is 0 Å². The van der Waals surface area contributed by atoms with E-state index >= 15 is 0 Å². The van der Waals surface area contributed by atoms with Crippen LogP contribution >= 0.6 is 0 Å². The van der Waals surface area contributed by atoms with Gasteiger partial charge in [-0.15, -0.1) is 0 Å². The lowest BCUT2D eigenvalue weighted by atomic mass is 9.99. The Morgan fingerprint density at radius 1 is 1.21 bits per heavy atom. The zero-order chi connectivity index (χ0) is 20.0. The summed E-state index contributed by atoms with van der Waals surface area (Å²) in [6.45, 7) is 4.24. The van der Waals surface area contributed by atoms with Gasteiger partial charge in [-0.1, -0.05) is 24.3 Å². The normalized spacial score (nSPS) is 19.2. The number of para-hydroxylation sites is 1. The molecule has 4 heterocycles. The standard InChI is InChI=1S/C23H27N5O/c1-16-13-28-14-18(7-8-22(28)24-16)25-23(29)27-11-9-17(10-12-27)20-15-26(2)21-6-4-3-5-19(20)21/h3-6,9,13,15,18H,7-8,10-12,14H2,1-2H3,(H,25,29). The fraction of sp³-hybridized carbons (Fsp3) is 0.391. The van der Waals surface area contributed by atoms with Gasteiger partial charge in [0.1, 0.15) is 5.82 Å². The van der Waals surface area contributed by atoms with E-state index in [2.05, 4.69) is 69.2 Å². The van der Waals surface area contributed by atoms with E-state index in [9.17, 15) is 4.79 Å². The molecule has 2 aliphatic rings. The molecule has 2 aliphatic heterocycles. The molecule has 0 radical (unpaired) electrons. The van der Waals surface area contributed by atoms with Crippen LogP contribution in [0, 0.1) is 6.92 Å². The number of carbonyl (C=O) groups excluding carboxylic acids is 1. The molecule has 5 rings (SSSR count). The summed E-state index contributed by atoms with van der Waals surface area (Å²) in [5, 5.41) is 4.52. The van der Waals surface area contributed by atoms with Gasteiger partial charge in [-0.3, -0.25) is 0 Å². The van der Waals surface area contributed by atoms with Gasteiger partial charge in [-0.2, -0.15) is 0 Å². The molecule has 1 unspecified atom stereocenters. The monoisotopic (exact) mass is 389 g/mol. The lowest BCUT2D eigenvalue weighted by molar-refractivity contribution is 0.195. The molecule has 1 aromatic carbocycles. The van der Waals surface area contributed by atoms with Crippen molar-refractivity contribution in [3.05, 3.63) is 59.8 Å². The summed E-state index contributed by atoms with van der Waals surface area (Å²) >= 11 is 0. The highest BCUT2D eigenvalue weighted by Gasteiger charge is 2.25. The number of carbonyl (C=O) groups is 1. The number of nitrogens with one attached hydrogen (secondary N) is 1. The van der Waals surface area contributed by atoms with Crippen molar-refractivity contribution in [3.63, 3.8) is 0 Å². The van der Waals surface area contributed by atoms with E-state index in [1.807, 2.05) is 11.8 Å². The van der Waals surface area contributed by atoms with Crippen molar-refractivity contribution in [1.29, 1.82) is 0 Å². The number of hydrogen-bond acceptors (Lipinski definition) is 2. The van der Waals surface area contributed by atoms with Gasteiger partial charge in [0.15, 0.2) is 0 Å². The first-order valence-corrected chi connectivity index (χ1v) is 10.4. The zero-order valence-corrected chi connectivity index (χ0v) is 17.1. The predicted octanol–water partition coefficient (Wildman–Crippen LogP) is 3.50. The first-order valence-electron chi connectivity index (χ1n) is 10.4. The number of aryl methyl sites for hydroxylation is 3. The van der Waals surface area contributed by atoms with Gasteiger partial charge in [-0.05, 0) is 31.4 Å². The molecular formula is C23H27N5O. The largest absolute Gasteiger partial charge is 0.350 e. The van der Waals surface area contributed by atoms with Crippen LogP contribution in [0.4, 0.5) is 4.79 Å². The summed E-state index contributed by atoms with van der Waals surface area (Å²) in [7, 11) is 2.09. The molecular weight excluding hydrogens is 362 g/mol. The van der Waals surface area contributed by atoms with Crippen LogP contribution in [0.1, 0.15) is 29.9 Å². The van der Waals surface area contributed by atoms with Gasteiger partial charge in [0.25, 0.3) is 0 Å². The molecule has 0 saturated heterocycles. The minimum absolute atomic E-state index is 0.0449. The third kappa shape index (κ3) is 3.33. The minimum atomic E-state index is 0.0449. The number of amides is 2. The number of nitrogens with zero attached hydrogens (tertiary/aromatic N) is 4. The number of fused-ring (bicyclic) bond motifs is 2. The molecule has 0 bridgehead atoms. The molecule has 3 aromatic rings. The molecule has 150 valence electrons. The average Bonchev–Trinajstić information content (AvgIpc) is 3.27. The smallest absolute Gasteiger partial charge is 0.317 e. The van der Waals surface area contributed by atoms with Gasteiger partial charge in [0.05, 0.1) is 5.69 Å². The van der Waals surface area contributed by atoms with Crippen molar-refractivity contribution in [3.8, 4) is 0 Å². The van der Waals surface area contributed by atoms with E-state index in [4.69, 9.17) is 0 Å². The van der Waals surface area contributed by atoms with Crippen molar-refractivity contribution in [1.82, 2.24) is 24.3 Å². The van der Waals surface area contributed by atoms with Crippen LogP contribution in [-0.2, 0) is 20.0 Å². The first-order chi connectivity index (χ1) is 14.1. The van der Waals surface area contributed by atoms with Crippen LogP contribution in [0.25, 0.3) is 16.5 Å². The van der Waals surface area contributed by atoms with Crippen LogP contribution in [-0.4, -0.2) is 44.2 Å². The van der Waals surface area contributed by atoms with Crippen LogP contribution in [0.15, 0.2) is 42.7 Å². The topological polar surface area (TPSA) is 55.1 Å². The highest BCUT2D eigenvalue weighted by molar-refractivity contribution is 5.93. The van der Waals surface area contributed by atoms with E-state index in [1.165, 1.54) is 22.0 Å². The van der Waals surface area contributed by atoms with E-state index in [0.717, 1.165) is 43.9 Å². The number of hydrogen-bond donors (Lipinski definition) is 1. The number of benzene rings is 1. The first kappa shape index (κ1) is 18.0. The van der Waals surface area contributed by atoms with Gasteiger partial charge >= 0.3 is 6.03 Å². The van der Waals surface area contributed by atoms with E-state index < -0.39 is 0 Å². The third-order valence-corrected chi connectivity index (χ3v) is 6.18. The second kappa shape index (κ2) is 7.10. The number of urea groups is 1. The Labute approximate surface area is 170 Å². The molecule has 2 amide bonds. The molecule has 0 spiro atoms. The van der Waals surface area contributed by atoms with Crippen LogP contribution in [0.2, 0.25) is 0 Å². The maximum atomic E-state index is 12.8. The molecule has 2 aromatic heterocycles. The average molecular weight is 390 g/mol. The summed E-state index contributed by atoms with van der Waals surface area (Å²) in [6.07, 6.45) is 9.25. The summed E-state index contributed by atoms with van der Waals surface area (Å²) in [5.74, 6) is 1.13. The molecule has 1 N–H and O–H groups in total. The maximum Gasteiger partial charge on any atom is 0.317 e. The number of rotatable bonds is 2. The van der Waals surface area contributed by atoms with Gasteiger partial charge in [-0.25, -0.2) is 9.78 Å². The lowest BCUT2D eigenvalue weighted by Gasteiger charge is -2.30. The molecule has 29 heavy (non-hydrogen) atoms. The fourth-order valence-corrected chi connectivity index (χ4v) is 4.67. The summed E-state index contributed by atoms with van der Waals surface area (Å²) in [6, 6.07) is 8.72. The summed E-state index contributed by atoms with van der Waals surface area (Å²) in [5.41, 5.74) is 4.92. The Morgan fingerprint density at radius 3 is 2.90 bits per heavy atom. The SMILES string of the molecule is Cc1cn2c(n1)CCC(NC(=O)N1CC=C(c3cn(C)c4ccccc34)CC1)C2. The van der Waals surface area contributed by atoms with Crippen molar-refractivity contribution in [2.75, 3.05) is 13.1 Å². The van der Waals surface area contributed by atoms with Gasteiger partial charge in [0, 0.05) is 68.0 Å². The van der Waals surface area contributed by atoms with Crippen molar-refractivity contribution in [2.45, 2.75) is 38.8 Å². The van der Waals surface area contributed by atoms with E-state index in [-0.39, 0.29) is 12.1 Å². The second-order valence-corrected chi connectivity index (χ2v) is 8.23. The van der Waals surface area contributed by atoms with Crippen LogP contribution < -0.4 is 5.32 Å². The number of aromatic nitrogens is 3. The Kier molecular flexibility index (Phi) is 4.42. The Bertz CT molecular complexity index is 1110. The van der Waals surface area contributed by atoms with Crippen LogP contribution in [0.5, 0.6) is 0 Å². The Hall–Kier alpha value is -3.02. The van der Waals surface area contributed by atoms with Crippen molar-refractivity contribution < 1.29 is 4.79 Å². The number of imidazole rings is 1. The summed E-state index contributed by atoms with van der Waals surface area (Å²) < 4.78 is 4.36. The quantitative estimate of drug-likeness (QED) is 0.729. The van der Waals surface area contributed by atoms with E-state index in [0.29, 0.717) is 6.54 Å². The van der Waals surface area contributed by atoms with Gasteiger partial charge < -0.3 is 19.4 Å². The second-order valence-electron chi connectivity index (χ2n) is 8.23. The maximum absolute atomic E-state index is 12.8. The molecule has 6 nitrogen and oxygen atoms in total. The molecule has 6 heteroatoms. The minimum Gasteiger partial charge on any atom is -0.350 e. The van der Waals surface area contributed by atoms with Gasteiger partial charge in [0.2, 0.25) is 0 Å². The lowest BCUT2D eigenvalue weighted by Crippen LogP contribution is -2.48. The highest BCUT2D eigenvalue weighted by atomic mass is 16.2. The predicted molar refractivity (Wildman–Crippen MR) is 115 cm³/mol. The van der Waals surface area contributed by atoms with Crippen molar-refractivity contribution in [2.24, 2.45) is 7.05 Å². The summed E-state index contributed by atoms with van der Waals surface area (Å²) in [4.78, 5) is 19.3. The van der Waals surface area contributed by atoms with E-state index in [1.54, 1.807) is 0 Å². The highest BCUT2D eigenvalue weighted by Crippen LogP contribution is 2.30. The Morgan fingerprint density at radius 2 is 2.07 bits per heavy atom. The molecule has 1 atom stereocenters. The molecule has 0 saturated carbocycles. The molecule has 0 aliphatic carbocycles. The third-order valence-electron chi connectivity index (χ3n) is 6.18. The van der Waals surface area contributed by atoms with Crippen molar-refractivity contribution >= 4 is 22.5 Å². The fourth-order valence-electron chi connectivity index (χ4n) is 4.67.